The van der Waals surface area contributed by atoms with Crippen molar-refractivity contribution in [2.75, 3.05) is 0 Å². The van der Waals surface area contributed by atoms with Crippen LogP contribution in [0.25, 0.3) is 21.8 Å². The van der Waals surface area contributed by atoms with Crippen LogP contribution >= 0.6 is 11.3 Å². The highest BCUT2D eigenvalue weighted by Gasteiger charge is 2.15. The van der Waals surface area contributed by atoms with Crippen LogP contribution in [-0.2, 0) is 0 Å². The number of rotatable bonds is 3. The molecule has 0 N–H and O–H groups in total. The second-order valence-electron chi connectivity index (χ2n) is 4.31. The lowest BCUT2D eigenvalue weighted by Crippen LogP contribution is -1.88. The zero-order valence-electron chi connectivity index (χ0n) is 10.7. The molecule has 0 fully saturated rings. The topological polar surface area (TPSA) is 56.0 Å². The molecule has 0 amide bonds. The quantitative estimate of drug-likeness (QED) is 0.527. The molecular weight excluding hydrogens is 291 g/mol. The highest BCUT2D eigenvalue weighted by atomic mass is 32.1. The van der Waals surface area contributed by atoms with E-state index in [1.807, 2.05) is 30.3 Å². The summed E-state index contributed by atoms with van der Waals surface area (Å²) in [6.07, 6.45) is 0. The summed E-state index contributed by atoms with van der Waals surface area (Å²) in [4.78, 5) is 14.4. The largest absolute Gasteiger partial charge is 0.269 e. The van der Waals surface area contributed by atoms with Crippen molar-refractivity contribution in [1.82, 2.24) is 4.98 Å². The molecule has 3 rings (SSSR count). The number of benzene rings is 2. The second-order valence-corrected chi connectivity index (χ2v) is 5.26. The van der Waals surface area contributed by atoms with Gasteiger partial charge in [0.25, 0.3) is 5.69 Å². The van der Waals surface area contributed by atoms with Gasteiger partial charge in [-0.25, -0.2) is 4.98 Å². The molecule has 104 valence electrons. The number of hydrogen-bond donors (Lipinski definition) is 0. The Morgan fingerprint density at radius 3 is 2.29 bits per heavy atom. The minimum atomic E-state index is -0.490. The van der Waals surface area contributed by atoms with E-state index in [1.54, 1.807) is 0 Å². The van der Waals surface area contributed by atoms with Crippen LogP contribution in [0, 0.1) is 15.2 Å². The van der Waals surface area contributed by atoms with E-state index in [2.05, 4.69) is 4.98 Å². The number of non-ortho nitro benzene ring substituents is 1. The molecule has 1 aromatic heterocycles. The Labute approximate surface area is 123 Å². The third-order valence-corrected chi connectivity index (χ3v) is 3.85. The van der Waals surface area contributed by atoms with Gasteiger partial charge in [0.15, 0.2) is 0 Å². The first-order valence-electron chi connectivity index (χ1n) is 6.12. The van der Waals surface area contributed by atoms with E-state index in [1.165, 1.54) is 24.3 Å². The van der Waals surface area contributed by atoms with Crippen LogP contribution in [0.5, 0.6) is 0 Å². The third kappa shape index (κ3) is 2.66. The van der Waals surface area contributed by atoms with Gasteiger partial charge in [0.1, 0.15) is 10.7 Å². The molecule has 2 aromatic carbocycles. The van der Waals surface area contributed by atoms with Crippen molar-refractivity contribution in [2.45, 2.75) is 0 Å². The highest BCUT2D eigenvalue weighted by molar-refractivity contribution is 7.13. The molecular formula is C15H9FN2O2S. The Hall–Kier alpha value is -2.60. The molecule has 0 aliphatic rings. The Kier molecular flexibility index (Phi) is 3.45. The van der Waals surface area contributed by atoms with Crippen LogP contribution in [0.4, 0.5) is 10.1 Å². The van der Waals surface area contributed by atoms with Gasteiger partial charge in [-0.2, -0.15) is 4.39 Å². The molecule has 0 radical (unpaired) electrons. The maximum atomic E-state index is 14.1. The predicted octanol–water partition coefficient (Wildman–Crippen LogP) is 4.52. The highest BCUT2D eigenvalue weighted by Crippen LogP contribution is 2.32. The van der Waals surface area contributed by atoms with E-state index in [-0.39, 0.29) is 11.4 Å². The van der Waals surface area contributed by atoms with Crippen LogP contribution in [-0.4, -0.2) is 9.91 Å². The summed E-state index contributed by atoms with van der Waals surface area (Å²) in [6.45, 7) is 0. The standard InChI is InChI=1S/C15H9FN2O2S/c16-14-13(10-6-8-12(9-7-10)18(19)20)17-15(21-14)11-4-2-1-3-5-11/h1-9H. The summed E-state index contributed by atoms with van der Waals surface area (Å²) in [5, 5.41) is 10.8. The van der Waals surface area contributed by atoms with Crippen molar-refractivity contribution in [1.29, 1.82) is 0 Å². The van der Waals surface area contributed by atoms with Crippen molar-refractivity contribution < 1.29 is 9.31 Å². The van der Waals surface area contributed by atoms with Crippen LogP contribution in [0.2, 0.25) is 0 Å². The van der Waals surface area contributed by atoms with E-state index in [0.717, 1.165) is 16.9 Å². The Morgan fingerprint density at radius 1 is 1.00 bits per heavy atom. The fraction of sp³-hybridized carbons (Fsp3) is 0. The van der Waals surface area contributed by atoms with Gasteiger partial charge in [0, 0.05) is 23.3 Å². The Morgan fingerprint density at radius 2 is 1.67 bits per heavy atom. The van der Waals surface area contributed by atoms with Crippen LogP contribution in [0.15, 0.2) is 54.6 Å². The molecule has 4 nitrogen and oxygen atoms in total. The molecule has 0 saturated heterocycles. The molecule has 0 saturated carbocycles. The molecule has 0 atom stereocenters. The second kappa shape index (κ2) is 5.41. The minimum Gasteiger partial charge on any atom is -0.258 e. The minimum absolute atomic E-state index is 0.0299. The summed E-state index contributed by atoms with van der Waals surface area (Å²) in [6, 6.07) is 15.0. The van der Waals surface area contributed by atoms with Crippen molar-refractivity contribution in [3.8, 4) is 21.8 Å². The monoisotopic (exact) mass is 300 g/mol. The van der Waals surface area contributed by atoms with Gasteiger partial charge in [0.2, 0.25) is 5.13 Å². The van der Waals surface area contributed by atoms with Gasteiger partial charge in [-0.1, -0.05) is 41.7 Å². The number of halogens is 1. The van der Waals surface area contributed by atoms with Gasteiger partial charge in [-0.15, -0.1) is 0 Å². The van der Waals surface area contributed by atoms with Crippen molar-refractivity contribution in [3.63, 3.8) is 0 Å². The normalized spacial score (nSPS) is 10.5. The lowest BCUT2D eigenvalue weighted by Gasteiger charge is -1.97. The van der Waals surface area contributed by atoms with E-state index in [4.69, 9.17) is 0 Å². The number of thiazole rings is 1. The van der Waals surface area contributed by atoms with Crippen molar-refractivity contribution in [3.05, 3.63) is 69.8 Å². The number of aromatic nitrogens is 1. The first-order valence-corrected chi connectivity index (χ1v) is 6.93. The molecule has 0 aliphatic carbocycles. The molecule has 0 unspecified atom stereocenters. The van der Waals surface area contributed by atoms with Crippen LogP contribution in [0.3, 0.4) is 0 Å². The van der Waals surface area contributed by atoms with Crippen LogP contribution in [0.1, 0.15) is 0 Å². The molecule has 21 heavy (non-hydrogen) atoms. The summed E-state index contributed by atoms with van der Waals surface area (Å²) in [7, 11) is 0. The zero-order valence-corrected chi connectivity index (χ0v) is 11.5. The first-order chi connectivity index (χ1) is 10.1. The smallest absolute Gasteiger partial charge is 0.258 e. The SMILES string of the molecule is O=[N+]([O-])c1ccc(-c2nc(-c3ccccc3)sc2F)cc1. The summed E-state index contributed by atoms with van der Waals surface area (Å²) >= 11 is 0.961. The van der Waals surface area contributed by atoms with Gasteiger partial charge in [0.05, 0.1) is 4.92 Å². The molecule has 3 aromatic rings. The number of nitro benzene ring substituents is 1. The summed E-state index contributed by atoms with van der Waals surface area (Å²) in [5.41, 5.74) is 1.55. The predicted molar refractivity (Wildman–Crippen MR) is 79.6 cm³/mol. The fourth-order valence-corrected chi connectivity index (χ4v) is 2.75. The van der Waals surface area contributed by atoms with Crippen molar-refractivity contribution >= 4 is 17.0 Å². The molecule has 1 heterocycles. The maximum absolute atomic E-state index is 14.1. The number of hydrogen-bond acceptors (Lipinski definition) is 4. The van der Waals surface area contributed by atoms with Crippen LogP contribution < -0.4 is 0 Å². The lowest BCUT2D eigenvalue weighted by molar-refractivity contribution is -0.384. The molecule has 0 aliphatic heterocycles. The van der Waals surface area contributed by atoms with E-state index >= 15 is 0 Å². The molecule has 0 spiro atoms. The average molecular weight is 300 g/mol. The Bertz CT molecular complexity index is 785. The van der Waals surface area contributed by atoms with E-state index in [0.29, 0.717) is 10.6 Å². The van der Waals surface area contributed by atoms with Gasteiger partial charge < -0.3 is 0 Å². The lowest BCUT2D eigenvalue weighted by atomic mass is 10.1. The first kappa shape index (κ1) is 13.4. The van der Waals surface area contributed by atoms with Gasteiger partial charge in [-0.05, 0) is 12.1 Å². The Balaban J connectivity index is 2.00. The van der Waals surface area contributed by atoms with Gasteiger partial charge in [-0.3, -0.25) is 10.1 Å². The average Bonchev–Trinajstić information content (AvgIpc) is 2.90. The number of nitrogens with zero attached hydrogens (tertiary/aromatic N) is 2. The van der Waals surface area contributed by atoms with E-state index in [9.17, 15) is 14.5 Å². The van der Waals surface area contributed by atoms with Gasteiger partial charge >= 0.3 is 0 Å². The number of nitro groups is 1. The third-order valence-electron chi connectivity index (χ3n) is 2.96. The zero-order chi connectivity index (χ0) is 14.8. The van der Waals surface area contributed by atoms with Crippen molar-refractivity contribution in [2.24, 2.45) is 0 Å². The summed E-state index contributed by atoms with van der Waals surface area (Å²) in [5.74, 6) is 0. The summed E-state index contributed by atoms with van der Waals surface area (Å²) < 4.78 is 14.1. The van der Waals surface area contributed by atoms with E-state index < -0.39 is 10.1 Å². The molecule has 0 bridgehead atoms. The molecule has 6 heteroatoms. The fourth-order valence-electron chi connectivity index (χ4n) is 1.92. The maximum Gasteiger partial charge on any atom is 0.269 e.